The van der Waals surface area contributed by atoms with Crippen molar-refractivity contribution in [1.82, 2.24) is 40.4 Å². The Bertz CT molecular complexity index is 2600. The number of carbonyl (C=O) groups excluding carboxylic acids is 4. The molecule has 2 aliphatic heterocycles. The summed E-state index contributed by atoms with van der Waals surface area (Å²) in [7, 11) is 2.59. The molecule has 4 aromatic carbocycles. The van der Waals surface area contributed by atoms with Gasteiger partial charge in [-0.3, -0.25) is 9.59 Å². The van der Waals surface area contributed by atoms with Crippen LogP contribution in [0, 0.1) is 11.8 Å². The van der Waals surface area contributed by atoms with E-state index < -0.39 is 24.3 Å². The third kappa shape index (κ3) is 7.44. The molecule has 4 heterocycles. The monoisotopic (exact) mass is 822 g/mol. The number of hydrogen-bond donors (Lipinski definition) is 4. The van der Waals surface area contributed by atoms with E-state index in [1.54, 1.807) is 11.1 Å². The predicted octanol–water partition coefficient (Wildman–Crippen LogP) is 7.97. The summed E-state index contributed by atoms with van der Waals surface area (Å²) in [5, 5.41) is 7.61. The fraction of sp³-hybridized carbons (Fsp3) is 0.362. The fourth-order valence-corrected chi connectivity index (χ4v) is 9.75. The van der Waals surface area contributed by atoms with E-state index in [4.69, 9.17) is 19.4 Å². The van der Waals surface area contributed by atoms with E-state index in [0.29, 0.717) is 23.9 Å². The molecule has 1 aliphatic carbocycles. The van der Waals surface area contributed by atoms with Gasteiger partial charge >= 0.3 is 12.2 Å². The predicted molar refractivity (Wildman–Crippen MR) is 230 cm³/mol. The minimum absolute atomic E-state index is 0.0949. The molecule has 4 N–H and O–H groups in total. The van der Waals surface area contributed by atoms with Crippen LogP contribution in [0.5, 0.6) is 0 Å². The summed E-state index contributed by atoms with van der Waals surface area (Å²) in [5.41, 5.74) is 6.41. The molecule has 1 saturated carbocycles. The molecule has 6 atom stereocenters. The number of carbonyl (C=O) groups is 4. The number of ether oxygens (including phenoxy) is 2. The number of aromatic amines is 2. The summed E-state index contributed by atoms with van der Waals surface area (Å²) in [6, 6.07) is 26.1. The molecule has 2 saturated heterocycles. The highest BCUT2D eigenvalue weighted by Gasteiger charge is 2.51. The fourth-order valence-electron chi connectivity index (χ4n) is 9.75. The first-order chi connectivity index (χ1) is 29.6. The van der Waals surface area contributed by atoms with Gasteiger partial charge in [0.15, 0.2) is 0 Å². The summed E-state index contributed by atoms with van der Waals surface area (Å²) in [5.74, 6) is 1.36. The van der Waals surface area contributed by atoms with E-state index in [0.717, 1.165) is 82.1 Å². The molecule has 0 spiro atoms. The number of hydrogen-bond acceptors (Lipinski definition) is 8. The Balaban J connectivity index is 0.926. The summed E-state index contributed by atoms with van der Waals surface area (Å²) in [6.07, 6.45) is 4.99. The van der Waals surface area contributed by atoms with Crippen molar-refractivity contribution in [1.29, 1.82) is 0 Å². The van der Waals surface area contributed by atoms with Gasteiger partial charge in [-0.2, -0.15) is 0 Å². The zero-order valence-corrected chi connectivity index (χ0v) is 34.7. The van der Waals surface area contributed by atoms with Crippen molar-refractivity contribution in [2.24, 2.45) is 11.8 Å². The second-order valence-corrected chi connectivity index (χ2v) is 16.7. The highest BCUT2D eigenvalue weighted by Crippen LogP contribution is 2.50. The van der Waals surface area contributed by atoms with E-state index in [9.17, 15) is 19.2 Å². The van der Waals surface area contributed by atoms with Gasteiger partial charge in [0.05, 0.1) is 49.2 Å². The van der Waals surface area contributed by atoms with Crippen molar-refractivity contribution >= 4 is 45.8 Å². The van der Waals surface area contributed by atoms with Crippen molar-refractivity contribution in [3.63, 3.8) is 0 Å². The molecule has 3 fully saturated rings. The molecular formula is C47H50N8O6. The Morgan fingerprint density at radius 2 is 1.52 bits per heavy atom. The Hall–Kier alpha value is -6.70. The van der Waals surface area contributed by atoms with E-state index in [1.807, 2.05) is 55.1 Å². The Kier molecular flexibility index (Phi) is 10.7. The SMILES string of the molecule is COC(=O)N[C@H](C(=O)N1[C@H]2CC[C@H](C2)[C@H]1c1nc2ccc3cc(-c4ccc(-c5cnc([C@@H]6CCCN6C(=O)[C@H](NC(=O)OC)c6ccccc6)[nH]5)cc4)ccc3c2[nH]1)C(C)C. The molecule has 0 radical (unpaired) electrons. The van der Waals surface area contributed by atoms with Gasteiger partial charge in [0.2, 0.25) is 5.91 Å². The molecular weight excluding hydrogens is 773 g/mol. The molecule has 2 bridgehead atoms. The lowest BCUT2D eigenvalue weighted by molar-refractivity contribution is -0.139. The highest BCUT2D eigenvalue weighted by atomic mass is 16.5. The number of rotatable bonds is 10. The van der Waals surface area contributed by atoms with Crippen molar-refractivity contribution in [3.05, 3.63) is 108 Å². The lowest BCUT2D eigenvalue weighted by atomic mass is 9.95. The normalized spacial score (nSPS) is 20.6. The third-order valence-electron chi connectivity index (χ3n) is 12.8. The van der Waals surface area contributed by atoms with Crippen LogP contribution in [0.15, 0.2) is 91.1 Å². The van der Waals surface area contributed by atoms with Crippen molar-refractivity contribution < 1.29 is 28.7 Å². The minimum Gasteiger partial charge on any atom is -0.453 e. The van der Waals surface area contributed by atoms with Crippen LogP contribution < -0.4 is 10.6 Å². The van der Waals surface area contributed by atoms with Crippen LogP contribution in [0.25, 0.3) is 44.2 Å². The van der Waals surface area contributed by atoms with Crippen molar-refractivity contribution in [2.45, 2.75) is 76.2 Å². The Morgan fingerprint density at radius 1 is 0.787 bits per heavy atom. The topological polar surface area (TPSA) is 175 Å². The molecule has 6 aromatic rings. The van der Waals surface area contributed by atoms with Gasteiger partial charge < -0.3 is 39.9 Å². The molecule has 14 nitrogen and oxygen atoms in total. The second-order valence-electron chi connectivity index (χ2n) is 16.7. The van der Waals surface area contributed by atoms with Gasteiger partial charge in [-0.15, -0.1) is 0 Å². The van der Waals surface area contributed by atoms with Crippen LogP contribution in [0.3, 0.4) is 0 Å². The minimum atomic E-state index is -0.883. The van der Waals surface area contributed by atoms with Crippen LogP contribution in [-0.2, 0) is 19.1 Å². The van der Waals surface area contributed by atoms with Crippen LogP contribution in [0.2, 0.25) is 0 Å². The van der Waals surface area contributed by atoms with Crippen LogP contribution in [-0.4, -0.2) is 86.6 Å². The summed E-state index contributed by atoms with van der Waals surface area (Å²) in [4.78, 5) is 73.1. The van der Waals surface area contributed by atoms with Crippen LogP contribution in [0.1, 0.15) is 81.3 Å². The first-order valence-corrected chi connectivity index (χ1v) is 21.1. The number of imidazole rings is 2. The molecule has 2 aromatic heterocycles. The van der Waals surface area contributed by atoms with Gasteiger partial charge in [0.25, 0.3) is 5.91 Å². The first kappa shape index (κ1) is 39.7. The van der Waals surface area contributed by atoms with E-state index in [-0.39, 0.29) is 35.9 Å². The summed E-state index contributed by atoms with van der Waals surface area (Å²) < 4.78 is 9.69. The molecule has 4 amide bonds. The third-order valence-corrected chi connectivity index (χ3v) is 12.8. The number of aromatic nitrogens is 4. The largest absolute Gasteiger partial charge is 0.453 e. The number of alkyl carbamates (subject to hydrolysis) is 2. The molecule has 314 valence electrons. The molecule has 9 rings (SSSR count). The first-order valence-electron chi connectivity index (χ1n) is 21.1. The Labute approximate surface area is 353 Å². The summed E-state index contributed by atoms with van der Waals surface area (Å²) >= 11 is 0. The van der Waals surface area contributed by atoms with E-state index in [1.165, 1.54) is 14.2 Å². The summed E-state index contributed by atoms with van der Waals surface area (Å²) in [6.45, 7) is 4.41. The number of amides is 4. The number of nitrogens with zero attached hydrogens (tertiary/aromatic N) is 4. The standard InChI is InChI=1S/C47H50N8O6/c1-26(2)38(52-46(58)60-3)45(57)55-33-19-16-32(24-33)41(55)43-49-35-21-18-31-23-30(17-20-34(31)40(35)51-43)27-12-14-28(15-13-27)36-25-48-42(50-36)37-11-8-22-54(37)44(56)39(53-47(59)61-4)29-9-6-5-7-10-29/h5-7,9-10,12-15,17-18,20-21,23,25-26,32-33,37-39,41H,8,11,16,19,22,24H2,1-4H3,(H,48,50)(H,49,51)(H,52,58)(H,53,59)/t32-,33+,37+,38+,39-,41+/m1/s1. The van der Waals surface area contributed by atoms with Gasteiger partial charge in [0.1, 0.15) is 23.7 Å². The Morgan fingerprint density at radius 3 is 2.28 bits per heavy atom. The maximum atomic E-state index is 14.1. The van der Waals surface area contributed by atoms with Gasteiger partial charge in [0, 0.05) is 18.0 Å². The number of fused-ring (bicyclic) bond motifs is 5. The van der Waals surface area contributed by atoms with Crippen molar-refractivity contribution in [2.75, 3.05) is 20.8 Å². The number of likely N-dealkylation sites (tertiary alicyclic amines) is 2. The number of methoxy groups -OCH3 is 2. The van der Waals surface area contributed by atoms with E-state index in [2.05, 4.69) is 69.1 Å². The second kappa shape index (κ2) is 16.4. The van der Waals surface area contributed by atoms with Crippen molar-refractivity contribution in [3.8, 4) is 22.4 Å². The average Bonchev–Trinajstić information content (AvgIpc) is 4.15. The molecule has 61 heavy (non-hydrogen) atoms. The van der Waals surface area contributed by atoms with Gasteiger partial charge in [-0.05, 0) is 83.7 Å². The van der Waals surface area contributed by atoms with Gasteiger partial charge in [-0.25, -0.2) is 19.6 Å². The highest BCUT2D eigenvalue weighted by molar-refractivity contribution is 6.05. The lowest BCUT2D eigenvalue weighted by Gasteiger charge is -2.37. The van der Waals surface area contributed by atoms with Crippen LogP contribution in [0.4, 0.5) is 9.59 Å². The maximum absolute atomic E-state index is 14.1. The molecule has 3 aliphatic rings. The zero-order valence-electron chi connectivity index (χ0n) is 34.7. The van der Waals surface area contributed by atoms with Crippen LogP contribution >= 0.6 is 0 Å². The molecule has 14 heteroatoms. The lowest BCUT2D eigenvalue weighted by Crippen LogP contribution is -2.54. The average molecular weight is 823 g/mol. The maximum Gasteiger partial charge on any atom is 0.407 e. The smallest absolute Gasteiger partial charge is 0.407 e. The van der Waals surface area contributed by atoms with E-state index >= 15 is 0 Å². The zero-order chi connectivity index (χ0) is 42.4. The molecule has 0 unspecified atom stereocenters. The van der Waals surface area contributed by atoms with Gasteiger partial charge in [-0.1, -0.05) is 86.6 Å². The number of H-pyrrole nitrogens is 2. The quantitative estimate of drug-likeness (QED) is 0.108. The number of piperidine rings is 1. The number of benzene rings is 4. The number of nitrogens with one attached hydrogen (secondary N) is 4.